The van der Waals surface area contributed by atoms with Crippen LogP contribution in [0.15, 0.2) is 0 Å². The van der Waals surface area contributed by atoms with Gasteiger partial charge in [-0.2, -0.15) is 0 Å². The van der Waals surface area contributed by atoms with E-state index in [9.17, 15) is 14.4 Å². The van der Waals surface area contributed by atoms with Gasteiger partial charge >= 0.3 is 5.97 Å². The maximum absolute atomic E-state index is 11.0. The summed E-state index contributed by atoms with van der Waals surface area (Å²) in [6, 6.07) is -0.926. The number of hydrogen-bond acceptors (Lipinski definition) is 4. The van der Waals surface area contributed by atoms with Gasteiger partial charge in [-0.1, -0.05) is 0 Å². The summed E-state index contributed by atoms with van der Waals surface area (Å²) in [5.41, 5.74) is 10.1. The van der Waals surface area contributed by atoms with Crippen LogP contribution in [0.4, 0.5) is 0 Å². The molecule has 7 heteroatoms. The van der Waals surface area contributed by atoms with Crippen molar-refractivity contribution in [2.24, 2.45) is 11.5 Å². The van der Waals surface area contributed by atoms with Crippen LogP contribution in [0.3, 0.4) is 0 Å². The topological polar surface area (TPSA) is 136 Å². The van der Waals surface area contributed by atoms with E-state index < -0.39 is 23.8 Å². The van der Waals surface area contributed by atoms with Crippen LogP contribution in [-0.2, 0) is 14.4 Å². The molecule has 0 aliphatic carbocycles. The highest BCUT2D eigenvalue weighted by Crippen LogP contribution is 1.94. The zero-order chi connectivity index (χ0) is 11.1. The highest BCUT2D eigenvalue weighted by atomic mass is 16.4. The first-order valence-corrected chi connectivity index (χ1v) is 3.97. The number of carbonyl (C=O) groups excluding carboxylic acids is 2. The first kappa shape index (κ1) is 12.4. The highest BCUT2D eigenvalue weighted by molar-refractivity contribution is 5.86. The van der Waals surface area contributed by atoms with E-state index in [0.717, 1.165) is 0 Å². The molecule has 0 rings (SSSR count). The maximum atomic E-state index is 11.0. The van der Waals surface area contributed by atoms with Crippen LogP contribution in [0.2, 0.25) is 0 Å². The lowest BCUT2D eigenvalue weighted by atomic mass is 10.1. The van der Waals surface area contributed by atoms with E-state index in [2.05, 4.69) is 5.32 Å². The van der Waals surface area contributed by atoms with Gasteiger partial charge in [-0.15, -0.1) is 0 Å². The number of nitrogens with one attached hydrogen (secondary N) is 1. The fourth-order valence-electron chi connectivity index (χ4n) is 0.715. The molecule has 0 heterocycles. The van der Waals surface area contributed by atoms with Crippen molar-refractivity contribution in [1.82, 2.24) is 5.32 Å². The van der Waals surface area contributed by atoms with Gasteiger partial charge in [-0.25, -0.2) is 0 Å². The number of rotatable bonds is 6. The zero-order valence-electron chi connectivity index (χ0n) is 7.53. The average molecular weight is 203 g/mol. The van der Waals surface area contributed by atoms with Gasteiger partial charge in [0, 0.05) is 6.42 Å². The summed E-state index contributed by atoms with van der Waals surface area (Å²) >= 11 is 0. The quantitative estimate of drug-likeness (QED) is 0.387. The lowest BCUT2D eigenvalue weighted by Gasteiger charge is -2.09. The van der Waals surface area contributed by atoms with Crippen LogP contribution in [0.1, 0.15) is 12.8 Å². The standard InChI is InChI=1S/C7H13N3O4/c8-4(1-2-6(12)13)7(14)10-3-5(9)11/h4H,1-3,8H2,(H2,9,11)(H,10,14)(H,12,13)/t4-/m0/s1. The van der Waals surface area contributed by atoms with Crippen LogP contribution in [0, 0.1) is 0 Å². The van der Waals surface area contributed by atoms with Crippen molar-refractivity contribution in [2.75, 3.05) is 6.54 Å². The lowest BCUT2D eigenvalue weighted by Crippen LogP contribution is -2.44. The molecular formula is C7H13N3O4. The molecule has 0 unspecified atom stereocenters. The predicted molar refractivity (Wildman–Crippen MR) is 47.0 cm³/mol. The molecule has 0 fully saturated rings. The van der Waals surface area contributed by atoms with E-state index in [1.807, 2.05) is 0 Å². The number of primary amides is 1. The van der Waals surface area contributed by atoms with Crippen molar-refractivity contribution in [2.45, 2.75) is 18.9 Å². The number of carboxylic acids is 1. The van der Waals surface area contributed by atoms with E-state index in [-0.39, 0.29) is 19.4 Å². The molecule has 0 saturated carbocycles. The van der Waals surface area contributed by atoms with Gasteiger partial charge in [0.2, 0.25) is 11.8 Å². The third-order valence-corrected chi connectivity index (χ3v) is 1.44. The minimum absolute atomic E-state index is 0.0277. The Kier molecular flexibility index (Phi) is 5.23. The maximum Gasteiger partial charge on any atom is 0.303 e. The third kappa shape index (κ3) is 5.95. The minimum atomic E-state index is -1.02. The van der Waals surface area contributed by atoms with Crippen molar-refractivity contribution in [3.8, 4) is 0 Å². The lowest BCUT2D eigenvalue weighted by molar-refractivity contribution is -0.137. The summed E-state index contributed by atoms with van der Waals surface area (Å²) in [5, 5.41) is 10.5. The molecule has 0 radical (unpaired) electrons. The molecule has 0 bridgehead atoms. The summed E-state index contributed by atoms with van der Waals surface area (Å²) in [4.78, 5) is 31.4. The number of nitrogens with two attached hydrogens (primary N) is 2. The van der Waals surface area contributed by atoms with Gasteiger partial charge in [0.25, 0.3) is 0 Å². The van der Waals surface area contributed by atoms with E-state index in [1.54, 1.807) is 0 Å². The molecule has 80 valence electrons. The fraction of sp³-hybridized carbons (Fsp3) is 0.571. The number of hydrogen-bond donors (Lipinski definition) is 4. The Morgan fingerprint density at radius 2 is 1.93 bits per heavy atom. The van der Waals surface area contributed by atoms with Gasteiger partial charge in [0.05, 0.1) is 12.6 Å². The first-order valence-electron chi connectivity index (χ1n) is 3.97. The van der Waals surface area contributed by atoms with Crippen molar-refractivity contribution >= 4 is 17.8 Å². The summed E-state index contributed by atoms with van der Waals surface area (Å²) < 4.78 is 0. The molecule has 7 nitrogen and oxygen atoms in total. The second-order valence-corrected chi connectivity index (χ2v) is 2.72. The number of carboxylic acid groups (broad SMARTS) is 1. The summed E-state index contributed by atoms with van der Waals surface area (Å²) in [6.45, 7) is -0.292. The largest absolute Gasteiger partial charge is 0.481 e. The monoisotopic (exact) mass is 203 g/mol. The predicted octanol–water partition coefficient (Wildman–Crippen LogP) is -2.22. The van der Waals surface area contributed by atoms with Crippen LogP contribution < -0.4 is 16.8 Å². The fourth-order valence-corrected chi connectivity index (χ4v) is 0.715. The number of carbonyl (C=O) groups is 3. The van der Waals surface area contributed by atoms with Gasteiger partial charge in [-0.05, 0) is 6.42 Å². The van der Waals surface area contributed by atoms with E-state index in [1.165, 1.54) is 0 Å². The molecule has 14 heavy (non-hydrogen) atoms. The molecule has 0 aromatic carbocycles. The Morgan fingerprint density at radius 3 is 2.36 bits per heavy atom. The molecule has 6 N–H and O–H groups in total. The van der Waals surface area contributed by atoms with Crippen LogP contribution in [0.25, 0.3) is 0 Å². The molecule has 1 atom stereocenters. The Balaban J connectivity index is 3.76. The van der Waals surface area contributed by atoms with Gasteiger partial charge < -0.3 is 21.9 Å². The number of aliphatic carboxylic acids is 1. The van der Waals surface area contributed by atoms with Crippen molar-refractivity contribution in [3.05, 3.63) is 0 Å². The summed E-state index contributed by atoms with van der Waals surface area (Å²) in [6.07, 6.45) is -0.162. The molecule has 0 aliphatic rings. The summed E-state index contributed by atoms with van der Waals surface area (Å²) in [5.74, 6) is -2.28. The third-order valence-electron chi connectivity index (χ3n) is 1.44. The summed E-state index contributed by atoms with van der Waals surface area (Å²) in [7, 11) is 0. The van der Waals surface area contributed by atoms with Crippen LogP contribution in [-0.4, -0.2) is 35.5 Å². The van der Waals surface area contributed by atoms with E-state index >= 15 is 0 Å². The normalized spacial score (nSPS) is 11.8. The van der Waals surface area contributed by atoms with E-state index in [4.69, 9.17) is 16.6 Å². The van der Waals surface area contributed by atoms with Gasteiger partial charge in [0.1, 0.15) is 0 Å². The second-order valence-electron chi connectivity index (χ2n) is 2.72. The average Bonchev–Trinajstić information content (AvgIpc) is 2.09. The Labute approximate surface area is 80.4 Å². The highest BCUT2D eigenvalue weighted by Gasteiger charge is 2.14. The molecule has 0 aliphatic heterocycles. The second kappa shape index (κ2) is 5.92. The Hall–Kier alpha value is -1.63. The zero-order valence-corrected chi connectivity index (χ0v) is 7.53. The number of amides is 2. The van der Waals surface area contributed by atoms with Crippen molar-refractivity contribution in [1.29, 1.82) is 0 Å². The molecule has 2 amide bonds. The Bertz CT molecular complexity index is 241. The van der Waals surface area contributed by atoms with Crippen LogP contribution >= 0.6 is 0 Å². The molecule has 0 aromatic rings. The van der Waals surface area contributed by atoms with Gasteiger partial charge in [-0.3, -0.25) is 14.4 Å². The Morgan fingerprint density at radius 1 is 1.36 bits per heavy atom. The SMILES string of the molecule is NC(=O)CNC(=O)[C@@H](N)CCC(=O)O. The smallest absolute Gasteiger partial charge is 0.303 e. The van der Waals surface area contributed by atoms with E-state index in [0.29, 0.717) is 0 Å². The first-order chi connectivity index (χ1) is 6.43. The molecule has 0 saturated heterocycles. The van der Waals surface area contributed by atoms with Gasteiger partial charge in [0.15, 0.2) is 0 Å². The molecular weight excluding hydrogens is 190 g/mol. The van der Waals surface area contributed by atoms with Crippen LogP contribution in [0.5, 0.6) is 0 Å². The molecule has 0 aromatic heterocycles. The van der Waals surface area contributed by atoms with Crippen molar-refractivity contribution in [3.63, 3.8) is 0 Å². The van der Waals surface area contributed by atoms with Crippen molar-refractivity contribution < 1.29 is 19.5 Å². The molecule has 0 spiro atoms. The minimum Gasteiger partial charge on any atom is -0.481 e.